The molecule has 0 aliphatic heterocycles. The highest BCUT2D eigenvalue weighted by atomic mass is 16.1. The van der Waals surface area contributed by atoms with E-state index < -0.39 is 0 Å². The Morgan fingerprint density at radius 2 is 2.08 bits per heavy atom. The number of nitrogens with one attached hydrogen (secondary N) is 2. The van der Waals surface area contributed by atoms with E-state index >= 15 is 0 Å². The maximum Gasteiger partial charge on any atom is 0.224 e. The number of likely N-dealkylation sites (N-methyl/N-ethyl adjacent to an activating group) is 1. The first-order valence-electron chi connectivity index (χ1n) is 9.17. The first kappa shape index (κ1) is 17.0. The molecule has 4 nitrogen and oxygen atoms in total. The molecular weight excluding hydrogens is 298 g/mol. The lowest BCUT2D eigenvalue weighted by atomic mass is 9.94. The summed E-state index contributed by atoms with van der Waals surface area (Å²) in [5, 5.41) is 4.27. The molecule has 0 saturated heterocycles. The third-order valence-electron chi connectivity index (χ3n) is 5.33. The van der Waals surface area contributed by atoms with Crippen LogP contribution in [0, 0.1) is 6.92 Å². The number of hydrogen-bond donors (Lipinski definition) is 2. The number of aromatic nitrogens is 1. The Balaban J connectivity index is 1.48. The summed E-state index contributed by atoms with van der Waals surface area (Å²) in [5.74, 6) is 0.108. The first-order valence-corrected chi connectivity index (χ1v) is 9.17. The van der Waals surface area contributed by atoms with Gasteiger partial charge in [-0.2, -0.15) is 0 Å². The van der Waals surface area contributed by atoms with Crippen LogP contribution >= 0.6 is 0 Å². The third-order valence-corrected chi connectivity index (χ3v) is 5.33. The summed E-state index contributed by atoms with van der Waals surface area (Å²) in [5.41, 5.74) is 3.41. The second-order valence-electron chi connectivity index (χ2n) is 7.11. The van der Waals surface area contributed by atoms with Gasteiger partial charge in [0.15, 0.2) is 0 Å². The Labute approximate surface area is 144 Å². The Morgan fingerprint density at radius 3 is 2.88 bits per heavy atom. The topological polar surface area (TPSA) is 48.1 Å². The molecule has 1 heterocycles. The molecule has 1 aliphatic rings. The molecule has 1 aliphatic carbocycles. The molecule has 2 aromatic rings. The molecule has 0 bridgehead atoms. The number of aryl methyl sites for hydroxylation is 1. The molecule has 0 atom stereocenters. The lowest BCUT2D eigenvalue weighted by molar-refractivity contribution is -0.120. The van der Waals surface area contributed by atoms with Crippen molar-refractivity contribution < 1.29 is 4.79 Å². The van der Waals surface area contributed by atoms with Crippen LogP contribution < -0.4 is 5.32 Å². The minimum atomic E-state index is 0.108. The summed E-state index contributed by atoms with van der Waals surface area (Å²) in [6.45, 7) is 3.76. The molecule has 1 aromatic heterocycles. The van der Waals surface area contributed by atoms with Crippen LogP contribution in [-0.4, -0.2) is 42.0 Å². The van der Waals surface area contributed by atoms with Gasteiger partial charge >= 0.3 is 0 Å². The summed E-state index contributed by atoms with van der Waals surface area (Å²) in [7, 11) is 2.19. The number of amides is 1. The van der Waals surface area contributed by atoms with Gasteiger partial charge in [-0.1, -0.05) is 31.4 Å². The lowest BCUT2D eigenvalue weighted by Crippen LogP contribution is -2.39. The first-order chi connectivity index (χ1) is 11.6. The molecule has 1 aromatic carbocycles. The summed E-state index contributed by atoms with van der Waals surface area (Å²) < 4.78 is 0. The number of rotatable bonds is 6. The van der Waals surface area contributed by atoms with Gasteiger partial charge in [0, 0.05) is 36.2 Å². The summed E-state index contributed by atoms with van der Waals surface area (Å²) >= 11 is 0. The van der Waals surface area contributed by atoms with Crippen molar-refractivity contribution in [3.05, 3.63) is 35.5 Å². The lowest BCUT2D eigenvalue weighted by Gasteiger charge is -2.31. The fraction of sp³-hybridized carbons (Fsp3) is 0.550. The summed E-state index contributed by atoms with van der Waals surface area (Å²) in [6, 6.07) is 6.89. The van der Waals surface area contributed by atoms with Crippen LogP contribution in [0.1, 0.15) is 43.2 Å². The number of carbonyl (C=O) groups excluding carboxylic acids is 1. The Morgan fingerprint density at radius 1 is 1.29 bits per heavy atom. The number of carbonyl (C=O) groups is 1. The monoisotopic (exact) mass is 327 g/mol. The molecule has 1 fully saturated rings. The van der Waals surface area contributed by atoms with E-state index in [1.165, 1.54) is 43.1 Å². The Hall–Kier alpha value is -1.81. The van der Waals surface area contributed by atoms with Crippen molar-refractivity contribution in [2.24, 2.45) is 0 Å². The van der Waals surface area contributed by atoms with Crippen molar-refractivity contribution in [2.75, 3.05) is 20.1 Å². The highest BCUT2D eigenvalue weighted by Gasteiger charge is 2.17. The molecule has 2 N–H and O–H groups in total. The summed E-state index contributed by atoms with van der Waals surface area (Å²) in [6.07, 6.45) is 9.09. The van der Waals surface area contributed by atoms with E-state index in [1.807, 2.05) is 12.3 Å². The molecular formula is C20H29N3O. The normalized spacial score (nSPS) is 16.0. The predicted molar refractivity (Wildman–Crippen MR) is 99.3 cm³/mol. The van der Waals surface area contributed by atoms with Crippen molar-refractivity contribution in [3.8, 4) is 0 Å². The second kappa shape index (κ2) is 7.84. The average Bonchev–Trinajstić information content (AvgIpc) is 3.00. The number of H-pyrrole nitrogens is 1. The molecule has 1 saturated carbocycles. The molecule has 0 spiro atoms. The zero-order valence-corrected chi connectivity index (χ0v) is 14.9. The van der Waals surface area contributed by atoms with Gasteiger partial charge in [0.05, 0.1) is 6.42 Å². The maximum atomic E-state index is 12.3. The second-order valence-corrected chi connectivity index (χ2v) is 7.11. The van der Waals surface area contributed by atoms with Gasteiger partial charge in [0.2, 0.25) is 5.91 Å². The van der Waals surface area contributed by atoms with Gasteiger partial charge in [-0.05, 0) is 44.0 Å². The minimum absolute atomic E-state index is 0.108. The van der Waals surface area contributed by atoms with E-state index in [2.05, 4.69) is 41.3 Å². The minimum Gasteiger partial charge on any atom is -0.361 e. The molecule has 0 radical (unpaired) electrons. The van der Waals surface area contributed by atoms with Gasteiger partial charge < -0.3 is 15.2 Å². The van der Waals surface area contributed by atoms with Crippen LogP contribution in [0.15, 0.2) is 24.4 Å². The molecule has 4 heteroatoms. The van der Waals surface area contributed by atoms with Gasteiger partial charge in [0.25, 0.3) is 0 Å². The van der Waals surface area contributed by atoms with Crippen LogP contribution in [0.2, 0.25) is 0 Å². The van der Waals surface area contributed by atoms with Gasteiger partial charge in [0.1, 0.15) is 0 Å². The highest BCUT2D eigenvalue weighted by molar-refractivity contribution is 5.90. The van der Waals surface area contributed by atoms with Gasteiger partial charge in [-0.15, -0.1) is 0 Å². The van der Waals surface area contributed by atoms with Crippen molar-refractivity contribution in [1.29, 1.82) is 0 Å². The van der Waals surface area contributed by atoms with Crippen molar-refractivity contribution in [2.45, 2.75) is 51.5 Å². The smallest absolute Gasteiger partial charge is 0.224 e. The summed E-state index contributed by atoms with van der Waals surface area (Å²) in [4.78, 5) is 18.0. The molecule has 24 heavy (non-hydrogen) atoms. The van der Waals surface area contributed by atoms with Gasteiger partial charge in [-0.25, -0.2) is 0 Å². The highest BCUT2D eigenvalue weighted by Crippen LogP contribution is 2.23. The van der Waals surface area contributed by atoms with E-state index in [1.54, 1.807) is 0 Å². The van der Waals surface area contributed by atoms with Crippen molar-refractivity contribution >= 4 is 16.8 Å². The van der Waals surface area contributed by atoms with Crippen LogP contribution in [-0.2, 0) is 11.2 Å². The van der Waals surface area contributed by atoms with Crippen LogP contribution in [0.3, 0.4) is 0 Å². The number of aromatic amines is 1. The van der Waals surface area contributed by atoms with Gasteiger partial charge in [-0.3, -0.25) is 4.79 Å². The number of nitrogens with zero attached hydrogens (tertiary/aromatic N) is 1. The third kappa shape index (κ3) is 3.99. The zero-order valence-electron chi connectivity index (χ0n) is 14.9. The van der Waals surface area contributed by atoms with Crippen LogP contribution in [0.25, 0.3) is 10.9 Å². The Bertz CT molecular complexity index is 685. The fourth-order valence-electron chi connectivity index (χ4n) is 3.90. The van der Waals surface area contributed by atoms with Crippen LogP contribution in [0.5, 0.6) is 0 Å². The van der Waals surface area contributed by atoms with Crippen molar-refractivity contribution in [3.63, 3.8) is 0 Å². The number of benzene rings is 1. The molecule has 0 unspecified atom stereocenters. The molecule has 1 amide bonds. The van der Waals surface area contributed by atoms with Crippen LogP contribution in [0.4, 0.5) is 0 Å². The van der Waals surface area contributed by atoms with E-state index in [4.69, 9.17) is 0 Å². The Kier molecular flexibility index (Phi) is 5.56. The largest absolute Gasteiger partial charge is 0.361 e. The maximum absolute atomic E-state index is 12.3. The predicted octanol–water partition coefficient (Wildman–Crippen LogP) is 3.40. The van der Waals surface area contributed by atoms with E-state index in [0.29, 0.717) is 12.5 Å². The quantitative estimate of drug-likeness (QED) is 0.854. The van der Waals surface area contributed by atoms with Crippen molar-refractivity contribution in [1.82, 2.24) is 15.2 Å². The average molecular weight is 327 g/mol. The molecule has 130 valence electrons. The fourth-order valence-corrected chi connectivity index (χ4v) is 3.90. The number of hydrogen-bond acceptors (Lipinski definition) is 2. The zero-order chi connectivity index (χ0) is 16.9. The molecule has 3 rings (SSSR count). The SMILES string of the molecule is Cc1cccc2[nH]cc(CC(=O)NCCN(C)C3CCCCC3)c12. The van der Waals surface area contributed by atoms with E-state index in [0.717, 1.165) is 24.2 Å². The standard InChI is InChI=1S/C20H29N3O/c1-15-7-6-10-18-20(15)16(14-22-18)13-19(24)21-11-12-23(2)17-8-4-3-5-9-17/h6-7,10,14,17,22H,3-5,8-9,11-13H2,1-2H3,(H,21,24). The van der Waals surface area contributed by atoms with E-state index in [9.17, 15) is 4.79 Å². The van der Waals surface area contributed by atoms with E-state index in [-0.39, 0.29) is 5.91 Å². The number of fused-ring (bicyclic) bond motifs is 1.